The van der Waals surface area contributed by atoms with E-state index in [-0.39, 0.29) is 43.0 Å². The van der Waals surface area contributed by atoms with Crippen molar-refractivity contribution in [1.82, 2.24) is 14.9 Å². The van der Waals surface area contributed by atoms with Gasteiger partial charge in [-0.05, 0) is 19.4 Å². The number of aryl methyl sites for hydroxylation is 1. The predicted octanol–water partition coefficient (Wildman–Crippen LogP) is 1.09. The maximum absolute atomic E-state index is 12.7. The van der Waals surface area contributed by atoms with Crippen LogP contribution in [0.2, 0.25) is 0 Å². The molecule has 4 heterocycles. The van der Waals surface area contributed by atoms with Crippen molar-refractivity contribution in [1.29, 1.82) is 0 Å². The molecule has 0 unspecified atom stereocenters. The van der Waals surface area contributed by atoms with Crippen LogP contribution in [-0.2, 0) is 9.84 Å². The van der Waals surface area contributed by atoms with E-state index in [4.69, 9.17) is 9.15 Å². The van der Waals surface area contributed by atoms with Gasteiger partial charge in [0.25, 0.3) is 5.91 Å². The maximum Gasteiger partial charge on any atom is 0.291 e. The van der Waals surface area contributed by atoms with Gasteiger partial charge in [-0.3, -0.25) is 4.79 Å². The highest BCUT2D eigenvalue weighted by Gasteiger charge is 2.63. The van der Waals surface area contributed by atoms with Crippen molar-refractivity contribution in [2.75, 3.05) is 25.4 Å². The maximum atomic E-state index is 12.7. The molecule has 2 aliphatic rings. The van der Waals surface area contributed by atoms with E-state index >= 15 is 0 Å². The van der Waals surface area contributed by atoms with E-state index in [2.05, 4.69) is 9.97 Å². The Labute approximate surface area is 151 Å². The molecule has 2 aromatic rings. The first-order chi connectivity index (χ1) is 12.4. The van der Waals surface area contributed by atoms with Crippen LogP contribution in [0.15, 0.2) is 35.2 Å². The lowest BCUT2D eigenvalue weighted by Crippen LogP contribution is -2.69. The molecule has 138 valence electrons. The molecule has 1 amide bonds. The van der Waals surface area contributed by atoms with Gasteiger partial charge in [0.2, 0.25) is 11.6 Å². The van der Waals surface area contributed by atoms with Crippen molar-refractivity contribution < 1.29 is 22.4 Å². The highest BCUT2D eigenvalue weighted by molar-refractivity contribution is 7.93. The second kappa shape index (κ2) is 6.08. The standard InChI is InChI=1S/C17H19N3O5S/c1-12-15(25-11-19-12)16(21)20-9-17(10-20)13(5-7-26(17,22)23)8-24-14-4-2-3-6-18-14/h2-4,6,11,13H,5,7-10H2,1H3/t13-/m0/s1. The van der Waals surface area contributed by atoms with E-state index in [9.17, 15) is 13.2 Å². The highest BCUT2D eigenvalue weighted by Crippen LogP contribution is 2.45. The average molecular weight is 377 g/mol. The number of carbonyl (C=O) groups excluding carboxylic acids is 1. The molecule has 26 heavy (non-hydrogen) atoms. The molecule has 1 spiro atoms. The summed E-state index contributed by atoms with van der Waals surface area (Å²) in [6.07, 6.45) is 3.37. The second-order valence-corrected chi connectivity index (χ2v) is 9.23. The Morgan fingerprint density at radius 1 is 1.38 bits per heavy atom. The molecule has 0 aromatic carbocycles. The van der Waals surface area contributed by atoms with Crippen LogP contribution in [0.4, 0.5) is 0 Å². The van der Waals surface area contributed by atoms with E-state index in [1.807, 2.05) is 6.07 Å². The van der Waals surface area contributed by atoms with Crippen LogP contribution in [-0.4, -0.2) is 59.4 Å². The third-order valence-corrected chi connectivity index (χ3v) is 7.92. The number of nitrogens with zero attached hydrogens (tertiary/aromatic N) is 3. The topological polar surface area (TPSA) is 103 Å². The summed E-state index contributed by atoms with van der Waals surface area (Å²) < 4.78 is 35.2. The molecule has 0 aliphatic carbocycles. The van der Waals surface area contributed by atoms with Gasteiger partial charge < -0.3 is 14.1 Å². The first-order valence-corrected chi connectivity index (χ1v) is 10.0. The van der Waals surface area contributed by atoms with E-state index in [1.165, 1.54) is 11.3 Å². The molecule has 0 radical (unpaired) electrons. The minimum atomic E-state index is -3.29. The Bertz CT molecular complexity index is 919. The first-order valence-electron chi connectivity index (χ1n) is 8.38. The third-order valence-electron chi connectivity index (χ3n) is 5.31. The molecule has 0 bridgehead atoms. The van der Waals surface area contributed by atoms with E-state index < -0.39 is 14.6 Å². The van der Waals surface area contributed by atoms with Crippen LogP contribution < -0.4 is 4.74 Å². The molecule has 2 saturated heterocycles. The van der Waals surface area contributed by atoms with Crippen LogP contribution >= 0.6 is 0 Å². The molecule has 2 aromatic heterocycles. The van der Waals surface area contributed by atoms with Crippen LogP contribution in [0.25, 0.3) is 0 Å². The summed E-state index contributed by atoms with van der Waals surface area (Å²) in [5.41, 5.74) is 0.500. The quantitative estimate of drug-likeness (QED) is 0.786. The molecule has 0 N–H and O–H groups in total. The largest absolute Gasteiger partial charge is 0.477 e. The highest BCUT2D eigenvalue weighted by atomic mass is 32.2. The van der Waals surface area contributed by atoms with Gasteiger partial charge in [-0.2, -0.15) is 0 Å². The Morgan fingerprint density at radius 2 is 2.19 bits per heavy atom. The van der Waals surface area contributed by atoms with Crippen molar-refractivity contribution in [3.63, 3.8) is 0 Å². The Balaban J connectivity index is 1.48. The normalized spacial score (nSPS) is 23.0. The monoisotopic (exact) mass is 377 g/mol. The van der Waals surface area contributed by atoms with Crippen molar-refractivity contribution in [2.24, 2.45) is 5.92 Å². The van der Waals surface area contributed by atoms with Crippen LogP contribution in [0.5, 0.6) is 5.88 Å². The van der Waals surface area contributed by atoms with E-state index in [1.54, 1.807) is 25.3 Å². The minimum absolute atomic E-state index is 0.118. The number of aromatic nitrogens is 2. The number of sulfone groups is 1. The summed E-state index contributed by atoms with van der Waals surface area (Å²) in [6.45, 7) is 2.26. The summed E-state index contributed by atoms with van der Waals surface area (Å²) in [7, 11) is -3.29. The lowest BCUT2D eigenvalue weighted by atomic mass is 9.83. The minimum Gasteiger partial charge on any atom is -0.477 e. The second-order valence-electron chi connectivity index (χ2n) is 6.78. The summed E-state index contributed by atoms with van der Waals surface area (Å²) >= 11 is 0. The van der Waals surface area contributed by atoms with Crippen LogP contribution in [0, 0.1) is 12.8 Å². The fourth-order valence-corrected chi connectivity index (χ4v) is 6.12. The Morgan fingerprint density at radius 3 is 2.85 bits per heavy atom. The molecule has 4 rings (SSSR count). The SMILES string of the molecule is Cc1ncoc1C(=O)N1CC2(C1)[C@H](COc1ccccn1)CCS2(=O)=O. The molecular weight excluding hydrogens is 358 g/mol. The Hall–Kier alpha value is -2.42. The van der Waals surface area contributed by atoms with Crippen molar-refractivity contribution >= 4 is 15.7 Å². The lowest BCUT2D eigenvalue weighted by Gasteiger charge is -2.49. The average Bonchev–Trinajstić information content (AvgIpc) is 3.12. The third kappa shape index (κ3) is 2.57. The zero-order valence-corrected chi connectivity index (χ0v) is 15.1. The molecule has 0 saturated carbocycles. The lowest BCUT2D eigenvalue weighted by molar-refractivity contribution is 0.0378. The van der Waals surface area contributed by atoms with Gasteiger partial charge in [0.1, 0.15) is 4.75 Å². The Kier molecular flexibility index (Phi) is 3.98. The number of amides is 1. The van der Waals surface area contributed by atoms with Crippen molar-refractivity contribution in [2.45, 2.75) is 18.1 Å². The van der Waals surface area contributed by atoms with E-state index in [0.717, 1.165) is 0 Å². The number of ether oxygens (including phenoxy) is 1. The van der Waals surface area contributed by atoms with Crippen LogP contribution in [0.3, 0.4) is 0 Å². The van der Waals surface area contributed by atoms with Gasteiger partial charge >= 0.3 is 0 Å². The zero-order valence-electron chi connectivity index (χ0n) is 14.3. The van der Waals surface area contributed by atoms with Crippen molar-refractivity contribution in [3.8, 4) is 5.88 Å². The van der Waals surface area contributed by atoms with Gasteiger partial charge in [-0.1, -0.05) is 6.07 Å². The van der Waals surface area contributed by atoms with Crippen molar-refractivity contribution in [3.05, 3.63) is 42.2 Å². The van der Waals surface area contributed by atoms with E-state index in [0.29, 0.717) is 18.0 Å². The number of likely N-dealkylation sites (tertiary alicyclic amines) is 1. The fraction of sp³-hybridized carbons (Fsp3) is 0.471. The molecule has 9 heteroatoms. The zero-order chi connectivity index (χ0) is 18.4. The van der Waals surface area contributed by atoms with Gasteiger partial charge in [-0.15, -0.1) is 0 Å². The predicted molar refractivity (Wildman–Crippen MR) is 91.5 cm³/mol. The first kappa shape index (κ1) is 17.0. The molecule has 1 atom stereocenters. The molecular formula is C17H19N3O5S. The summed E-state index contributed by atoms with van der Waals surface area (Å²) in [4.78, 5) is 22.0. The molecule has 2 fully saturated rings. The van der Waals surface area contributed by atoms with Gasteiger partial charge in [0.15, 0.2) is 16.2 Å². The number of oxazole rings is 1. The summed E-state index contributed by atoms with van der Waals surface area (Å²) in [6, 6.07) is 5.33. The number of hydrogen-bond donors (Lipinski definition) is 0. The smallest absolute Gasteiger partial charge is 0.291 e. The number of hydrogen-bond acceptors (Lipinski definition) is 7. The number of rotatable bonds is 4. The number of carbonyl (C=O) groups is 1. The number of pyridine rings is 1. The summed E-state index contributed by atoms with van der Waals surface area (Å²) in [5, 5.41) is 0. The van der Waals surface area contributed by atoms with Gasteiger partial charge in [-0.25, -0.2) is 18.4 Å². The van der Waals surface area contributed by atoms with Crippen LogP contribution in [0.1, 0.15) is 22.7 Å². The molecule has 2 aliphatic heterocycles. The van der Waals surface area contributed by atoms with Gasteiger partial charge in [0, 0.05) is 31.3 Å². The molecule has 8 nitrogen and oxygen atoms in total. The summed E-state index contributed by atoms with van der Waals surface area (Å²) in [5.74, 6) is 0.256. The fourth-order valence-electron chi connectivity index (χ4n) is 3.72. The van der Waals surface area contributed by atoms with Gasteiger partial charge in [0.05, 0.1) is 18.1 Å².